The van der Waals surface area contributed by atoms with Gasteiger partial charge in [0.1, 0.15) is 0 Å². The second-order valence-corrected chi connectivity index (χ2v) is 1.55. The van der Waals surface area contributed by atoms with Gasteiger partial charge in [-0.15, -0.1) is 0 Å². The first kappa shape index (κ1) is 8.39. The zero-order chi connectivity index (χ0) is 7.11. The number of nitrogens with one attached hydrogen (secondary N) is 1. The standard InChI is InChI=1S/C5H11NO3/c7-3-1-5(9)6-2-4-8/h7-8H,1-4H2,(H,6,9). The largest absolute Gasteiger partial charge is 0.396 e. The van der Waals surface area contributed by atoms with Crippen LogP contribution in [0.1, 0.15) is 6.42 Å². The van der Waals surface area contributed by atoms with Crippen molar-refractivity contribution in [2.75, 3.05) is 19.8 Å². The average Bonchev–Trinajstić information content (AvgIpc) is 1.85. The number of carbonyl (C=O) groups excluding carboxylic acids is 1. The maximum Gasteiger partial charge on any atom is 0.222 e. The summed E-state index contributed by atoms with van der Waals surface area (Å²) in [5.74, 6) is -0.230. The third-order valence-electron chi connectivity index (χ3n) is 0.773. The summed E-state index contributed by atoms with van der Waals surface area (Å²) in [6, 6.07) is 0. The Morgan fingerprint density at radius 3 is 2.44 bits per heavy atom. The smallest absolute Gasteiger partial charge is 0.222 e. The summed E-state index contributed by atoms with van der Waals surface area (Å²) in [5.41, 5.74) is 0. The van der Waals surface area contributed by atoms with Crippen molar-refractivity contribution in [1.82, 2.24) is 5.32 Å². The van der Waals surface area contributed by atoms with Gasteiger partial charge in [0.25, 0.3) is 0 Å². The van der Waals surface area contributed by atoms with E-state index in [9.17, 15) is 4.79 Å². The summed E-state index contributed by atoms with van der Waals surface area (Å²) >= 11 is 0. The van der Waals surface area contributed by atoms with Gasteiger partial charge in [-0.25, -0.2) is 0 Å². The first-order valence-corrected chi connectivity index (χ1v) is 2.79. The summed E-state index contributed by atoms with van der Waals surface area (Å²) in [6.07, 6.45) is 0.111. The van der Waals surface area contributed by atoms with Crippen LogP contribution in [0.5, 0.6) is 0 Å². The van der Waals surface area contributed by atoms with Crippen LogP contribution in [0.4, 0.5) is 0 Å². The van der Waals surface area contributed by atoms with E-state index in [4.69, 9.17) is 10.2 Å². The Balaban J connectivity index is 3.06. The predicted octanol–water partition coefficient (Wildman–Crippen LogP) is -1.52. The van der Waals surface area contributed by atoms with Crippen LogP contribution in [0, 0.1) is 0 Å². The van der Waals surface area contributed by atoms with E-state index in [0.29, 0.717) is 0 Å². The predicted molar refractivity (Wildman–Crippen MR) is 31.8 cm³/mol. The van der Waals surface area contributed by atoms with Crippen LogP contribution in [0.2, 0.25) is 0 Å². The molecule has 54 valence electrons. The maximum atomic E-state index is 10.4. The molecule has 3 N–H and O–H groups in total. The van der Waals surface area contributed by atoms with Crippen LogP contribution in [0.3, 0.4) is 0 Å². The molecule has 1 amide bonds. The van der Waals surface area contributed by atoms with Gasteiger partial charge in [-0.2, -0.15) is 0 Å². The number of amides is 1. The fourth-order valence-electron chi connectivity index (χ4n) is 0.385. The van der Waals surface area contributed by atoms with Gasteiger partial charge in [0, 0.05) is 13.0 Å². The lowest BCUT2D eigenvalue weighted by Gasteiger charge is -1.98. The molecular formula is C5H11NO3. The Bertz CT molecular complexity index is 84.3. The van der Waals surface area contributed by atoms with E-state index in [1.165, 1.54) is 0 Å². The second kappa shape index (κ2) is 5.53. The molecule has 0 aliphatic rings. The fourth-order valence-corrected chi connectivity index (χ4v) is 0.385. The molecule has 0 aliphatic heterocycles. The van der Waals surface area contributed by atoms with E-state index in [2.05, 4.69) is 5.32 Å². The lowest BCUT2D eigenvalue weighted by Crippen LogP contribution is -2.26. The number of carbonyl (C=O) groups is 1. The van der Waals surface area contributed by atoms with Crippen LogP contribution in [0.25, 0.3) is 0 Å². The highest BCUT2D eigenvalue weighted by Gasteiger charge is 1.95. The lowest BCUT2D eigenvalue weighted by atomic mass is 10.4. The Labute approximate surface area is 53.5 Å². The molecule has 0 fully saturated rings. The molecule has 0 radical (unpaired) electrons. The number of aliphatic hydroxyl groups is 2. The third kappa shape index (κ3) is 5.26. The van der Waals surface area contributed by atoms with E-state index in [-0.39, 0.29) is 32.1 Å². The maximum absolute atomic E-state index is 10.4. The van der Waals surface area contributed by atoms with Crippen LogP contribution in [-0.2, 0) is 4.79 Å². The van der Waals surface area contributed by atoms with E-state index in [1.807, 2.05) is 0 Å². The van der Waals surface area contributed by atoms with E-state index < -0.39 is 0 Å². The number of hydrogen-bond donors (Lipinski definition) is 3. The van der Waals surface area contributed by atoms with Crippen LogP contribution in [0.15, 0.2) is 0 Å². The van der Waals surface area contributed by atoms with Crippen molar-refractivity contribution in [1.29, 1.82) is 0 Å². The van der Waals surface area contributed by atoms with Gasteiger partial charge < -0.3 is 15.5 Å². The van der Waals surface area contributed by atoms with Gasteiger partial charge >= 0.3 is 0 Å². The Kier molecular flexibility index (Phi) is 5.15. The molecule has 4 heteroatoms. The number of rotatable bonds is 4. The molecule has 0 heterocycles. The normalized spacial score (nSPS) is 9.11. The molecule has 0 aromatic carbocycles. The summed E-state index contributed by atoms with van der Waals surface area (Å²) in [6.45, 7) is 0.0628. The lowest BCUT2D eigenvalue weighted by molar-refractivity contribution is -0.121. The van der Waals surface area contributed by atoms with Crippen molar-refractivity contribution in [3.63, 3.8) is 0 Å². The summed E-state index contributed by atoms with van der Waals surface area (Å²) < 4.78 is 0. The van der Waals surface area contributed by atoms with Crippen molar-refractivity contribution >= 4 is 5.91 Å². The first-order valence-electron chi connectivity index (χ1n) is 2.79. The van der Waals surface area contributed by atoms with Crippen molar-refractivity contribution in [3.05, 3.63) is 0 Å². The molecule has 0 bridgehead atoms. The second-order valence-electron chi connectivity index (χ2n) is 1.55. The molecule has 0 spiro atoms. The molecule has 0 aliphatic carbocycles. The fraction of sp³-hybridized carbons (Fsp3) is 0.800. The topological polar surface area (TPSA) is 69.6 Å². The minimum absolute atomic E-state index is 0.0584. The summed E-state index contributed by atoms with van der Waals surface area (Å²) in [7, 11) is 0. The number of aliphatic hydroxyl groups excluding tert-OH is 2. The molecule has 0 atom stereocenters. The molecule has 0 unspecified atom stereocenters. The van der Waals surface area contributed by atoms with Gasteiger partial charge in [0.15, 0.2) is 0 Å². The molecule has 0 saturated carbocycles. The molecule has 0 aromatic heterocycles. The Hall–Kier alpha value is -0.610. The van der Waals surface area contributed by atoms with Crippen molar-refractivity contribution in [2.24, 2.45) is 0 Å². The SMILES string of the molecule is O=C(CCO)NCCO. The van der Waals surface area contributed by atoms with Gasteiger partial charge in [0.2, 0.25) is 5.91 Å². The molecule has 0 saturated heterocycles. The van der Waals surface area contributed by atoms with Crippen molar-refractivity contribution in [3.8, 4) is 0 Å². The average molecular weight is 133 g/mol. The molecule has 0 aromatic rings. The van der Waals surface area contributed by atoms with E-state index >= 15 is 0 Å². The molecular weight excluding hydrogens is 122 g/mol. The highest BCUT2D eigenvalue weighted by atomic mass is 16.3. The number of hydrogen-bond acceptors (Lipinski definition) is 3. The minimum atomic E-state index is -0.230. The highest BCUT2D eigenvalue weighted by molar-refractivity contribution is 5.75. The molecule has 0 rings (SSSR count). The third-order valence-corrected chi connectivity index (χ3v) is 0.773. The van der Waals surface area contributed by atoms with Gasteiger partial charge in [0.05, 0.1) is 13.2 Å². The zero-order valence-corrected chi connectivity index (χ0v) is 5.13. The van der Waals surface area contributed by atoms with Crippen LogP contribution >= 0.6 is 0 Å². The van der Waals surface area contributed by atoms with Gasteiger partial charge in [-0.1, -0.05) is 0 Å². The van der Waals surface area contributed by atoms with Crippen LogP contribution in [-0.4, -0.2) is 35.9 Å². The van der Waals surface area contributed by atoms with Crippen molar-refractivity contribution < 1.29 is 15.0 Å². The Morgan fingerprint density at radius 2 is 2.00 bits per heavy atom. The van der Waals surface area contributed by atoms with E-state index in [0.717, 1.165) is 0 Å². The summed E-state index contributed by atoms with van der Waals surface area (Å²) in [4.78, 5) is 10.4. The van der Waals surface area contributed by atoms with Crippen LogP contribution < -0.4 is 5.32 Å². The monoisotopic (exact) mass is 133 g/mol. The summed E-state index contributed by atoms with van der Waals surface area (Å²) in [5, 5.41) is 18.8. The quantitative estimate of drug-likeness (QED) is 0.436. The van der Waals surface area contributed by atoms with E-state index in [1.54, 1.807) is 0 Å². The molecule has 9 heavy (non-hydrogen) atoms. The van der Waals surface area contributed by atoms with Gasteiger partial charge in [-0.3, -0.25) is 4.79 Å². The minimum Gasteiger partial charge on any atom is -0.396 e. The Morgan fingerprint density at radius 1 is 1.33 bits per heavy atom. The first-order chi connectivity index (χ1) is 4.31. The highest BCUT2D eigenvalue weighted by Crippen LogP contribution is 1.73. The zero-order valence-electron chi connectivity index (χ0n) is 5.13. The van der Waals surface area contributed by atoms with Gasteiger partial charge in [-0.05, 0) is 0 Å². The van der Waals surface area contributed by atoms with Crippen molar-refractivity contribution in [2.45, 2.75) is 6.42 Å². The molecule has 4 nitrogen and oxygen atoms in total.